The van der Waals surface area contributed by atoms with Crippen molar-refractivity contribution in [2.75, 3.05) is 30.5 Å². The number of benzene rings is 2. The summed E-state index contributed by atoms with van der Waals surface area (Å²) in [5.74, 6) is 2.54. The van der Waals surface area contributed by atoms with Gasteiger partial charge in [0.25, 0.3) is 0 Å². The van der Waals surface area contributed by atoms with Gasteiger partial charge in [0.2, 0.25) is 5.91 Å². The Labute approximate surface area is 229 Å². The fourth-order valence-electron chi connectivity index (χ4n) is 5.41. The number of pyridine rings is 1. The number of ether oxygens (including phenoxy) is 2. The molecule has 0 radical (unpaired) electrons. The maximum atomic E-state index is 13.7. The van der Waals surface area contributed by atoms with Crippen LogP contribution in [-0.2, 0) is 11.2 Å². The Bertz CT molecular complexity index is 1290. The first-order valence-electron chi connectivity index (χ1n) is 13.0. The summed E-state index contributed by atoms with van der Waals surface area (Å²) in [5.41, 5.74) is 3.55. The maximum Gasteiger partial charge on any atom is 0.232 e. The van der Waals surface area contributed by atoms with Crippen molar-refractivity contribution in [2.45, 2.75) is 51.4 Å². The Morgan fingerprint density at radius 1 is 1.13 bits per heavy atom. The van der Waals surface area contributed by atoms with Crippen LogP contribution in [0.2, 0.25) is 5.02 Å². The van der Waals surface area contributed by atoms with Crippen LogP contribution in [0.5, 0.6) is 11.5 Å². The van der Waals surface area contributed by atoms with Gasteiger partial charge < -0.3 is 19.5 Å². The van der Waals surface area contributed by atoms with Crippen LogP contribution in [0.1, 0.15) is 49.4 Å². The van der Waals surface area contributed by atoms with Crippen molar-refractivity contribution in [1.82, 2.24) is 4.98 Å². The highest BCUT2D eigenvalue weighted by atomic mass is 35.5. The molecule has 1 aromatic heterocycles. The first kappa shape index (κ1) is 26.3. The Morgan fingerprint density at radius 2 is 1.87 bits per heavy atom. The number of hydrogen-bond donors (Lipinski definition) is 1. The van der Waals surface area contributed by atoms with E-state index in [-0.39, 0.29) is 30.6 Å². The predicted molar refractivity (Wildman–Crippen MR) is 149 cm³/mol. The lowest BCUT2D eigenvalue weighted by Gasteiger charge is -2.38. The van der Waals surface area contributed by atoms with Crippen LogP contribution in [-0.4, -0.2) is 48.9 Å². The first-order chi connectivity index (χ1) is 18.2. The van der Waals surface area contributed by atoms with E-state index in [2.05, 4.69) is 4.90 Å². The van der Waals surface area contributed by atoms with Gasteiger partial charge >= 0.3 is 0 Å². The van der Waals surface area contributed by atoms with E-state index in [0.29, 0.717) is 22.4 Å². The lowest BCUT2D eigenvalue weighted by Crippen LogP contribution is -2.41. The molecule has 0 bridgehead atoms. The number of fused-ring (bicyclic) bond motifs is 1. The quantitative estimate of drug-likeness (QED) is 0.415. The lowest BCUT2D eigenvalue weighted by atomic mass is 9.82. The second-order valence-electron chi connectivity index (χ2n) is 10.5. The Kier molecular flexibility index (Phi) is 7.50. The number of halogens is 1. The summed E-state index contributed by atoms with van der Waals surface area (Å²) in [6.07, 6.45) is 3.47. The first-order valence-corrected chi connectivity index (χ1v) is 13.4. The Morgan fingerprint density at radius 3 is 2.47 bits per heavy atom. The number of carbonyl (C=O) groups is 1. The van der Waals surface area contributed by atoms with Crippen molar-refractivity contribution in [2.24, 2.45) is 5.92 Å². The van der Waals surface area contributed by atoms with E-state index in [9.17, 15) is 9.90 Å². The molecule has 3 aromatic rings. The van der Waals surface area contributed by atoms with Gasteiger partial charge in [-0.15, -0.1) is 0 Å². The van der Waals surface area contributed by atoms with Gasteiger partial charge in [0.15, 0.2) is 11.5 Å². The zero-order chi connectivity index (χ0) is 27.0. The minimum absolute atomic E-state index is 0.0246. The molecule has 0 spiro atoms. The molecule has 7 nitrogen and oxygen atoms in total. The number of rotatable bonds is 8. The molecule has 1 aliphatic carbocycles. The molecule has 1 fully saturated rings. The van der Waals surface area contributed by atoms with Gasteiger partial charge in [-0.05, 0) is 85.7 Å². The third-order valence-corrected chi connectivity index (χ3v) is 7.53. The number of aromatic nitrogens is 1. The molecule has 1 amide bonds. The van der Waals surface area contributed by atoms with Gasteiger partial charge in [-0.1, -0.05) is 23.7 Å². The van der Waals surface area contributed by atoms with Gasteiger partial charge in [-0.2, -0.15) is 0 Å². The van der Waals surface area contributed by atoms with Crippen LogP contribution >= 0.6 is 11.6 Å². The minimum atomic E-state index is -0.384. The maximum absolute atomic E-state index is 13.7. The topological polar surface area (TPSA) is 75.1 Å². The second kappa shape index (κ2) is 10.8. The Hall–Kier alpha value is -3.29. The van der Waals surface area contributed by atoms with Crippen molar-refractivity contribution in [1.29, 1.82) is 0 Å². The van der Waals surface area contributed by atoms with Crippen molar-refractivity contribution >= 4 is 29.0 Å². The largest absolute Gasteiger partial charge is 0.493 e. The highest BCUT2D eigenvalue weighted by Gasteiger charge is 2.36. The predicted octanol–water partition coefficient (Wildman–Crippen LogP) is 5.42. The van der Waals surface area contributed by atoms with E-state index in [1.54, 1.807) is 13.3 Å². The summed E-state index contributed by atoms with van der Waals surface area (Å²) in [5, 5.41) is 10.2. The molecule has 2 aromatic carbocycles. The van der Waals surface area contributed by atoms with E-state index < -0.39 is 0 Å². The number of carbonyl (C=O) groups excluding carboxylic acids is 1. The van der Waals surface area contributed by atoms with Gasteiger partial charge in [-0.25, -0.2) is 4.98 Å². The van der Waals surface area contributed by atoms with Crippen LogP contribution in [0.15, 0.2) is 54.7 Å². The molecule has 1 atom stereocenters. The van der Waals surface area contributed by atoms with E-state index in [4.69, 9.17) is 26.1 Å². The monoisotopic (exact) mass is 535 g/mol. The van der Waals surface area contributed by atoms with Crippen LogP contribution < -0.4 is 19.3 Å². The fourth-order valence-corrected chi connectivity index (χ4v) is 5.53. The summed E-state index contributed by atoms with van der Waals surface area (Å²) in [4.78, 5) is 22.3. The van der Waals surface area contributed by atoms with Crippen molar-refractivity contribution in [3.8, 4) is 11.5 Å². The normalized spacial score (nSPS) is 20.7. The van der Waals surface area contributed by atoms with Crippen molar-refractivity contribution < 1.29 is 19.4 Å². The van der Waals surface area contributed by atoms with E-state index >= 15 is 0 Å². The molecule has 0 saturated heterocycles. The summed E-state index contributed by atoms with van der Waals surface area (Å²) in [6.45, 7) is 4.79. The molecule has 2 heterocycles. The molecule has 0 unspecified atom stereocenters. The van der Waals surface area contributed by atoms with Crippen molar-refractivity contribution in [3.63, 3.8) is 0 Å². The zero-order valence-corrected chi connectivity index (χ0v) is 23.0. The van der Waals surface area contributed by atoms with E-state index in [0.717, 1.165) is 47.6 Å². The van der Waals surface area contributed by atoms with Gasteiger partial charge in [-0.3, -0.25) is 9.69 Å². The molecular weight excluding hydrogens is 502 g/mol. The van der Waals surface area contributed by atoms with Gasteiger partial charge in [0, 0.05) is 18.6 Å². The minimum Gasteiger partial charge on any atom is -0.493 e. The number of nitrogens with zero attached hydrogens (tertiary/aromatic N) is 3. The summed E-state index contributed by atoms with van der Waals surface area (Å²) in [6, 6.07) is 15.0. The van der Waals surface area contributed by atoms with Crippen LogP contribution in [0, 0.1) is 5.92 Å². The third kappa shape index (κ3) is 5.31. The molecule has 5 rings (SSSR count). The number of hydrogen-bond acceptors (Lipinski definition) is 6. The van der Waals surface area contributed by atoms with Crippen LogP contribution in [0.4, 0.5) is 11.5 Å². The number of amides is 1. The standard InChI is InChI=1S/C30H34ClN3O4/c1-18(2)38-27-15-25-21(13-26(27)37-4)14-29(36)34(30(25)20-5-7-22(31)8-6-20)23-9-10-28(32-16-23)33(3)17-19-11-24(35)12-19/h5-10,13,15-16,18-19,24,30,35H,11-12,14,17H2,1-4H3/t19?,24?,30-/m0/s1. The number of anilines is 2. The number of methoxy groups -OCH3 is 1. The lowest BCUT2D eigenvalue weighted by molar-refractivity contribution is -0.118. The SMILES string of the molecule is COc1cc2c(cc1OC(C)C)[C@H](c1ccc(Cl)cc1)N(c1ccc(N(C)CC3CC(O)C3)nc1)C(=O)C2. The molecule has 200 valence electrons. The van der Waals surface area contributed by atoms with E-state index in [1.807, 2.05) is 74.3 Å². The molecule has 8 heteroatoms. The zero-order valence-electron chi connectivity index (χ0n) is 22.2. The molecular formula is C30H34ClN3O4. The van der Waals surface area contributed by atoms with E-state index in [1.165, 1.54) is 0 Å². The average Bonchev–Trinajstić information content (AvgIpc) is 2.87. The molecule has 1 saturated carbocycles. The van der Waals surface area contributed by atoms with Gasteiger partial charge in [0.1, 0.15) is 5.82 Å². The second-order valence-corrected chi connectivity index (χ2v) is 10.9. The molecule has 38 heavy (non-hydrogen) atoms. The summed E-state index contributed by atoms with van der Waals surface area (Å²) < 4.78 is 11.7. The Balaban J connectivity index is 1.53. The molecule has 2 aliphatic rings. The average molecular weight is 536 g/mol. The van der Waals surface area contributed by atoms with Crippen LogP contribution in [0.3, 0.4) is 0 Å². The highest BCUT2D eigenvalue weighted by Crippen LogP contribution is 2.44. The summed E-state index contributed by atoms with van der Waals surface area (Å²) >= 11 is 6.21. The van der Waals surface area contributed by atoms with Crippen LogP contribution in [0.25, 0.3) is 0 Å². The van der Waals surface area contributed by atoms with Crippen molar-refractivity contribution in [3.05, 3.63) is 76.4 Å². The highest BCUT2D eigenvalue weighted by molar-refractivity contribution is 6.30. The molecule has 1 N–H and O–H groups in total. The summed E-state index contributed by atoms with van der Waals surface area (Å²) in [7, 11) is 3.62. The third-order valence-electron chi connectivity index (χ3n) is 7.28. The molecule has 1 aliphatic heterocycles. The smallest absolute Gasteiger partial charge is 0.232 e. The fraction of sp³-hybridized carbons (Fsp3) is 0.400. The number of aliphatic hydroxyl groups excluding tert-OH is 1. The number of aliphatic hydroxyl groups is 1. The van der Waals surface area contributed by atoms with Gasteiger partial charge in [0.05, 0.1) is 43.7 Å².